The fourth-order valence-electron chi connectivity index (χ4n) is 9.88. The van der Waals surface area contributed by atoms with Gasteiger partial charge in [-0.25, -0.2) is 0 Å². The van der Waals surface area contributed by atoms with E-state index in [1.807, 2.05) is 74.0 Å². The van der Waals surface area contributed by atoms with Crippen LogP contribution in [0.15, 0.2) is 106 Å². The molecule has 2 aliphatic rings. The molecule has 6 aromatic rings. The minimum Gasteiger partial charge on any atom is -0.504 e. The summed E-state index contributed by atoms with van der Waals surface area (Å²) in [7, 11) is 9.70. The lowest BCUT2D eigenvalue weighted by atomic mass is 9.93. The Kier molecular flexibility index (Phi) is 21.7. The molecule has 8 rings (SSSR count). The number of aromatic hydroxyl groups is 3. The van der Waals surface area contributed by atoms with Gasteiger partial charge in [-0.3, -0.25) is 29.5 Å². The fraction of sp³-hybridized carbons (Fsp3) is 0.367. The normalized spacial score (nSPS) is 18.0. The number of nitro groups is 1. The number of rotatable bonds is 15. The van der Waals surface area contributed by atoms with Gasteiger partial charge in [-0.2, -0.15) is 4.39 Å². The Bertz CT molecular complexity index is 3220. The molecule has 21 heteroatoms. The van der Waals surface area contributed by atoms with Crippen LogP contribution in [0.5, 0.6) is 51.7 Å². The molecule has 0 radical (unpaired) electrons. The molecule has 434 valence electrons. The third-order valence-electron chi connectivity index (χ3n) is 14.8. The quantitative estimate of drug-likeness (QED) is 0.0478. The molecule has 0 saturated carbocycles. The molecule has 2 aliphatic heterocycles. The largest absolute Gasteiger partial charge is 0.504 e. The van der Waals surface area contributed by atoms with Crippen LogP contribution in [0.25, 0.3) is 0 Å². The number of hydrogen-bond donors (Lipinski definition) is 5. The van der Waals surface area contributed by atoms with Gasteiger partial charge in [0.1, 0.15) is 29.3 Å². The number of fused-ring (bicyclic) bond motifs is 9. The summed E-state index contributed by atoms with van der Waals surface area (Å²) in [5.41, 5.74) is 3.82. The van der Waals surface area contributed by atoms with Gasteiger partial charge in [0.25, 0.3) is 0 Å². The average molecular weight is 1270 g/mol. The number of nitrogens with one attached hydrogen (secondary N) is 2. The molecule has 0 saturated heterocycles. The number of carbonyl (C=O) groups is 2. The molecular weight excluding hydrogens is 1200 g/mol. The molecule has 0 spiro atoms. The lowest BCUT2D eigenvalue weighted by Gasteiger charge is -2.32. The van der Waals surface area contributed by atoms with Gasteiger partial charge in [-0.05, 0) is 172 Å². The van der Waals surface area contributed by atoms with Crippen molar-refractivity contribution in [2.24, 2.45) is 0 Å². The third-order valence-corrected chi connectivity index (χ3v) is 16.3. The lowest BCUT2D eigenvalue weighted by Crippen LogP contribution is -2.44. The monoisotopic (exact) mass is 1260 g/mol. The Morgan fingerprint density at radius 3 is 1.98 bits per heavy atom. The van der Waals surface area contributed by atoms with Crippen LogP contribution in [-0.2, 0) is 9.59 Å². The smallest absolute Gasteiger partial charge is 0.305 e. The SMILES string of the molecule is COc1ccc([C@@H]2C(=O)N[C@H](C)[C@H](C)c3ccc(c(Cl)c3)Oc3cc(cc(O)c3OC)[C@@H](C)CN2C)cc1Br.COc1ccc([C@H](C(=O)N[C@H](C)[C@H](C)c2ccc(F)c([N+](=O)[O-])c2)N(C)C[C@H](C)c2cc(O)c(OC)c(O)c2)cc1Br. The van der Waals surface area contributed by atoms with Crippen molar-refractivity contribution < 1.29 is 57.9 Å². The van der Waals surface area contributed by atoms with Gasteiger partial charge < -0.3 is 49.6 Å². The third kappa shape index (κ3) is 15.0. The van der Waals surface area contributed by atoms with E-state index in [0.717, 1.165) is 27.2 Å². The van der Waals surface area contributed by atoms with Crippen LogP contribution in [0, 0.1) is 15.9 Å². The number of methoxy groups -OCH3 is 4. The first-order valence-electron chi connectivity index (χ1n) is 25.9. The van der Waals surface area contributed by atoms with Gasteiger partial charge in [0.15, 0.2) is 23.0 Å². The Balaban J connectivity index is 0.000000261. The van der Waals surface area contributed by atoms with Gasteiger partial charge in [0.05, 0.1) is 47.3 Å². The predicted octanol–water partition coefficient (Wildman–Crippen LogP) is 13.0. The number of halogens is 4. The maximum Gasteiger partial charge on any atom is 0.305 e. The van der Waals surface area contributed by atoms with E-state index in [0.29, 0.717) is 62.3 Å². The highest BCUT2D eigenvalue weighted by Gasteiger charge is 2.33. The zero-order valence-electron chi connectivity index (χ0n) is 47.1. The molecular formula is C60H69Br2ClFN5O12. The number of likely N-dealkylation sites (N-methyl/N-ethyl adjacent to an activating group) is 2. The van der Waals surface area contributed by atoms with E-state index in [9.17, 15) is 39.4 Å². The summed E-state index contributed by atoms with van der Waals surface area (Å²) in [5, 5.41) is 49.3. The van der Waals surface area contributed by atoms with E-state index < -0.39 is 34.6 Å². The Labute approximate surface area is 493 Å². The number of nitro benzene ring substituents is 1. The molecule has 0 fully saturated rings. The highest BCUT2D eigenvalue weighted by Crippen LogP contribution is 2.45. The van der Waals surface area contributed by atoms with Gasteiger partial charge >= 0.3 is 5.69 Å². The van der Waals surface area contributed by atoms with Crippen LogP contribution in [-0.4, -0.2) is 110 Å². The van der Waals surface area contributed by atoms with Crippen molar-refractivity contribution in [2.45, 2.75) is 89.4 Å². The molecule has 2 amide bonds. The van der Waals surface area contributed by atoms with Crippen molar-refractivity contribution in [3.63, 3.8) is 0 Å². The first-order valence-corrected chi connectivity index (χ1v) is 27.9. The Hall–Kier alpha value is -6.84. The Morgan fingerprint density at radius 1 is 0.802 bits per heavy atom. The van der Waals surface area contributed by atoms with Gasteiger partial charge in [-0.15, -0.1) is 0 Å². The van der Waals surface area contributed by atoms with Crippen LogP contribution in [0.3, 0.4) is 0 Å². The van der Waals surface area contributed by atoms with Crippen molar-refractivity contribution in [3.8, 4) is 51.7 Å². The number of hydrogen-bond acceptors (Lipinski definition) is 14. The van der Waals surface area contributed by atoms with Gasteiger partial charge in [0.2, 0.25) is 29.1 Å². The van der Waals surface area contributed by atoms with E-state index in [-0.39, 0.29) is 70.3 Å². The molecule has 8 atom stereocenters. The molecule has 81 heavy (non-hydrogen) atoms. The molecule has 17 nitrogen and oxygen atoms in total. The Morgan fingerprint density at radius 2 is 1.40 bits per heavy atom. The minimum atomic E-state index is -0.924. The zero-order valence-corrected chi connectivity index (χ0v) is 51.1. The molecule has 0 aromatic heterocycles. The van der Waals surface area contributed by atoms with Crippen molar-refractivity contribution in [2.75, 3.05) is 55.6 Å². The fourth-order valence-corrected chi connectivity index (χ4v) is 11.2. The first kappa shape index (κ1) is 63.3. The minimum absolute atomic E-state index is 0.0192. The predicted molar refractivity (Wildman–Crippen MR) is 317 cm³/mol. The second-order valence-corrected chi connectivity index (χ2v) is 22.5. The second kappa shape index (κ2) is 27.8. The van der Waals surface area contributed by atoms with Gasteiger partial charge in [-0.1, -0.05) is 63.6 Å². The number of phenols is 3. The maximum atomic E-state index is 13.9. The summed E-state index contributed by atoms with van der Waals surface area (Å²) in [6.45, 7) is 12.5. The number of nitrogens with zero attached hydrogens (tertiary/aromatic N) is 3. The molecule has 0 aliphatic carbocycles. The molecule has 6 aromatic carbocycles. The number of phenolic OH excluding ortho intramolecular Hbond substituents is 3. The molecule has 4 bridgehead atoms. The van der Waals surface area contributed by atoms with Crippen molar-refractivity contribution in [1.82, 2.24) is 20.4 Å². The number of amides is 2. The highest BCUT2D eigenvalue weighted by atomic mass is 79.9. The van der Waals surface area contributed by atoms with E-state index in [1.54, 1.807) is 65.4 Å². The van der Waals surface area contributed by atoms with E-state index in [1.165, 1.54) is 38.5 Å². The van der Waals surface area contributed by atoms with Crippen LogP contribution < -0.4 is 34.3 Å². The van der Waals surface area contributed by atoms with Gasteiger partial charge in [0, 0.05) is 43.1 Å². The average Bonchev–Trinajstić information content (AvgIpc) is 3.48. The van der Waals surface area contributed by atoms with Crippen molar-refractivity contribution in [1.29, 1.82) is 0 Å². The summed E-state index contributed by atoms with van der Waals surface area (Å²) in [6, 6.07) is 24.9. The molecule has 5 N–H and O–H groups in total. The van der Waals surface area contributed by atoms with Crippen LogP contribution >= 0.6 is 43.5 Å². The van der Waals surface area contributed by atoms with E-state index >= 15 is 0 Å². The standard InChI is InChI=1S/C30H34BrClN2O5.C30H35BrFN3O7/c1-16-15-34(4)28(20-8-9-25(37-5)22(31)11-20)30(36)33-18(3)17(2)19-7-10-26(23(32)12-19)39-27-14-21(16)13-24(35)29(27)38-6;1-16(21-13-25(36)29(42-6)26(37)14-21)15-34(4)28(20-8-10-27(41-5)22(31)11-20)30(38)33-18(3)17(2)19-7-9-23(32)24(12-19)35(39)40/h7-14,16-18,28,35H,15H2,1-6H3,(H,33,36);7-14,16-18,28,36-37H,15H2,1-6H3,(H,33,38)/t2*16-,17-,18+,28+/m00/s1. The van der Waals surface area contributed by atoms with Crippen molar-refractivity contribution >= 4 is 61.0 Å². The number of carbonyl (C=O) groups excluding carboxylic acids is 2. The van der Waals surface area contributed by atoms with Crippen molar-refractivity contribution in [3.05, 3.63) is 160 Å². The highest BCUT2D eigenvalue weighted by molar-refractivity contribution is 9.11. The first-order chi connectivity index (χ1) is 38.3. The topological polar surface area (TPSA) is 215 Å². The maximum absolute atomic E-state index is 13.9. The molecule has 0 unspecified atom stereocenters. The second-order valence-electron chi connectivity index (χ2n) is 20.4. The van der Waals surface area contributed by atoms with Crippen LogP contribution in [0.1, 0.15) is 111 Å². The summed E-state index contributed by atoms with van der Waals surface area (Å²) in [6.07, 6.45) is 0. The molecule has 2 heterocycles. The van der Waals surface area contributed by atoms with E-state index in [4.69, 9.17) is 35.3 Å². The van der Waals surface area contributed by atoms with Crippen LogP contribution in [0.2, 0.25) is 5.02 Å². The summed E-state index contributed by atoms with van der Waals surface area (Å²) < 4.78 is 42.7. The van der Waals surface area contributed by atoms with Crippen LogP contribution in [0.4, 0.5) is 10.1 Å². The zero-order chi connectivity index (χ0) is 59.7. The number of ether oxygens (including phenoxy) is 5. The summed E-state index contributed by atoms with van der Waals surface area (Å²) in [4.78, 5) is 42.1. The van der Waals surface area contributed by atoms with E-state index in [2.05, 4.69) is 49.4 Å². The summed E-state index contributed by atoms with van der Waals surface area (Å²) in [5.74, 6) is -0.181. The summed E-state index contributed by atoms with van der Waals surface area (Å²) >= 11 is 13.7. The lowest BCUT2D eigenvalue weighted by molar-refractivity contribution is -0.387. The number of benzene rings is 6.